The summed E-state index contributed by atoms with van der Waals surface area (Å²) in [6.07, 6.45) is 3.34. The van der Waals surface area contributed by atoms with Gasteiger partial charge in [0, 0.05) is 16.6 Å². The fourth-order valence-corrected chi connectivity index (χ4v) is 3.74. The number of thiophene rings is 1. The zero-order valence-electron chi connectivity index (χ0n) is 10.0. The molecule has 0 saturated heterocycles. The zero-order chi connectivity index (χ0) is 13.1. The third-order valence-electron chi connectivity index (χ3n) is 2.89. The molecule has 4 nitrogen and oxygen atoms in total. The molecular formula is C12H14BrNO3S. The number of halogens is 1. The molecule has 1 aromatic rings. The van der Waals surface area contributed by atoms with E-state index < -0.39 is 0 Å². The Bertz CT molecular complexity index is 484. The number of esters is 1. The number of amides is 1. The highest BCUT2D eigenvalue weighted by Gasteiger charge is 2.27. The van der Waals surface area contributed by atoms with Gasteiger partial charge >= 0.3 is 5.97 Å². The lowest BCUT2D eigenvalue weighted by atomic mass is 10.1. The van der Waals surface area contributed by atoms with Crippen molar-refractivity contribution >= 4 is 44.1 Å². The summed E-state index contributed by atoms with van der Waals surface area (Å²) < 4.78 is 4.81. The summed E-state index contributed by atoms with van der Waals surface area (Å²) >= 11 is 4.72. The van der Waals surface area contributed by atoms with Crippen LogP contribution in [-0.4, -0.2) is 24.3 Å². The minimum absolute atomic E-state index is 0.0862. The monoisotopic (exact) mass is 331 g/mol. The molecule has 1 amide bonds. The van der Waals surface area contributed by atoms with E-state index >= 15 is 0 Å². The maximum absolute atomic E-state index is 11.8. The van der Waals surface area contributed by atoms with Gasteiger partial charge in [0.05, 0.1) is 12.7 Å². The highest BCUT2D eigenvalue weighted by molar-refractivity contribution is 9.09. The lowest BCUT2D eigenvalue weighted by Crippen LogP contribution is -2.14. The van der Waals surface area contributed by atoms with E-state index in [-0.39, 0.29) is 11.9 Å². The molecule has 1 heterocycles. The lowest BCUT2D eigenvalue weighted by molar-refractivity contribution is -0.115. The molecule has 1 aromatic heterocycles. The van der Waals surface area contributed by atoms with Crippen molar-refractivity contribution in [2.45, 2.75) is 25.7 Å². The fraction of sp³-hybridized carbons (Fsp3) is 0.500. The molecule has 0 fully saturated rings. The quantitative estimate of drug-likeness (QED) is 0.681. The number of hydrogen-bond donors (Lipinski definition) is 1. The topological polar surface area (TPSA) is 55.4 Å². The summed E-state index contributed by atoms with van der Waals surface area (Å²) in [6.45, 7) is 0. The third-order valence-corrected chi connectivity index (χ3v) is 4.49. The van der Waals surface area contributed by atoms with Crippen molar-refractivity contribution < 1.29 is 14.3 Å². The lowest BCUT2D eigenvalue weighted by Gasteiger charge is -2.06. The van der Waals surface area contributed by atoms with Crippen LogP contribution in [0.3, 0.4) is 0 Å². The maximum atomic E-state index is 11.8. The van der Waals surface area contributed by atoms with Gasteiger partial charge in [-0.1, -0.05) is 15.9 Å². The van der Waals surface area contributed by atoms with Crippen LogP contribution < -0.4 is 5.32 Å². The van der Waals surface area contributed by atoms with Gasteiger partial charge in [0.1, 0.15) is 5.00 Å². The Balaban J connectivity index is 2.29. The number of methoxy groups -OCH3 is 1. The number of hydrogen-bond acceptors (Lipinski definition) is 4. The zero-order valence-corrected chi connectivity index (χ0v) is 12.4. The molecule has 1 N–H and O–H groups in total. The van der Waals surface area contributed by atoms with E-state index in [4.69, 9.17) is 4.74 Å². The average molecular weight is 332 g/mol. The second-order valence-corrected chi connectivity index (χ2v) is 5.94. The van der Waals surface area contributed by atoms with Crippen LogP contribution in [0.25, 0.3) is 0 Å². The molecule has 0 radical (unpaired) electrons. The van der Waals surface area contributed by atoms with Gasteiger partial charge in [0.2, 0.25) is 5.91 Å². The van der Waals surface area contributed by atoms with Gasteiger partial charge in [-0.05, 0) is 24.8 Å². The molecular weight excluding hydrogens is 318 g/mol. The number of ether oxygens (including phenoxy) is 1. The molecule has 18 heavy (non-hydrogen) atoms. The van der Waals surface area contributed by atoms with E-state index in [0.717, 1.165) is 24.8 Å². The van der Waals surface area contributed by atoms with E-state index in [9.17, 15) is 9.59 Å². The van der Waals surface area contributed by atoms with Crippen LogP contribution in [0.5, 0.6) is 0 Å². The van der Waals surface area contributed by atoms with Crippen LogP contribution in [0.4, 0.5) is 5.00 Å². The van der Waals surface area contributed by atoms with Crippen LogP contribution in [0, 0.1) is 0 Å². The van der Waals surface area contributed by atoms with Crippen molar-refractivity contribution in [1.29, 1.82) is 0 Å². The number of fused-ring (bicyclic) bond motifs is 1. The Morgan fingerprint density at radius 2 is 2.22 bits per heavy atom. The first-order valence-electron chi connectivity index (χ1n) is 5.76. The van der Waals surface area contributed by atoms with E-state index in [1.54, 1.807) is 0 Å². The highest BCUT2D eigenvalue weighted by Crippen LogP contribution is 2.39. The average Bonchev–Trinajstić information content (AvgIpc) is 2.88. The molecule has 0 saturated carbocycles. The number of aryl methyl sites for hydroxylation is 1. The van der Waals surface area contributed by atoms with E-state index in [2.05, 4.69) is 21.2 Å². The molecule has 0 unspecified atom stereocenters. The molecule has 98 valence electrons. The largest absolute Gasteiger partial charge is 0.465 e. The molecule has 0 bridgehead atoms. The number of rotatable bonds is 4. The molecule has 1 aliphatic carbocycles. The Hall–Kier alpha value is -0.880. The minimum atomic E-state index is -0.358. The summed E-state index contributed by atoms with van der Waals surface area (Å²) in [7, 11) is 1.37. The van der Waals surface area contributed by atoms with Crippen LogP contribution in [0.1, 0.15) is 33.6 Å². The standard InChI is InChI=1S/C12H14BrNO3S/c1-17-12(16)10-7-3-2-4-8(7)18-11(10)14-9(15)5-6-13/h2-6H2,1H3,(H,14,15). The Morgan fingerprint density at radius 3 is 2.89 bits per heavy atom. The Morgan fingerprint density at radius 1 is 1.44 bits per heavy atom. The normalized spacial score (nSPS) is 13.2. The van der Waals surface area contributed by atoms with Crippen LogP contribution in [0.15, 0.2) is 0 Å². The molecule has 0 atom stereocenters. The number of carbonyl (C=O) groups is 2. The number of nitrogens with one attached hydrogen (secondary N) is 1. The van der Waals surface area contributed by atoms with Gasteiger partial charge in [-0.3, -0.25) is 4.79 Å². The molecule has 2 rings (SSSR count). The predicted molar refractivity (Wildman–Crippen MR) is 74.7 cm³/mol. The number of anilines is 1. The summed E-state index contributed by atoms with van der Waals surface area (Å²) in [4.78, 5) is 24.6. The van der Waals surface area contributed by atoms with Crippen molar-refractivity contribution in [3.05, 3.63) is 16.0 Å². The first kappa shape index (κ1) is 13.5. The SMILES string of the molecule is COC(=O)c1c(NC(=O)CCBr)sc2c1CCC2. The van der Waals surface area contributed by atoms with Crippen molar-refractivity contribution in [3.8, 4) is 0 Å². The van der Waals surface area contributed by atoms with Crippen LogP contribution >= 0.6 is 27.3 Å². The molecule has 1 aliphatic rings. The van der Waals surface area contributed by atoms with E-state index in [1.165, 1.54) is 23.3 Å². The summed E-state index contributed by atoms with van der Waals surface area (Å²) in [5, 5.41) is 4.05. The van der Waals surface area contributed by atoms with Crippen LogP contribution in [0.2, 0.25) is 0 Å². The maximum Gasteiger partial charge on any atom is 0.341 e. The van der Waals surface area contributed by atoms with E-state index in [0.29, 0.717) is 22.3 Å². The van der Waals surface area contributed by atoms with Gasteiger partial charge in [-0.15, -0.1) is 11.3 Å². The second kappa shape index (κ2) is 5.84. The fourth-order valence-electron chi connectivity index (χ4n) is 2.09. The van der Waals surface area contributed by atoms with Gasteiger partial charge in [-0.25, -0.2) is 4.79 Å². The smallest absolute Gasteiger partial charge is 0.341 e. The second-order valence-electron chi connectivity index (χ2n) is 4.04. The Kier molecular flexibility index (Phi) is 4.40. The first-order valence-corrected chi connectivity index (χ1v) is 7.69. The molecule has 6 heteroatoms. The molecule has 0 aromatic carbocycles. The van der Waals surface area contributed by atoms with Crippen molar-refractivity contribution in [3.63, 3.8) is 0 Å². The Labute approximate surface area is 118 Å². The minimum Gasteiger partial charge on any atom is -0.465 e. The highest BCUT2D eigenvalue weighted by atomic mass is 79.9. The van der Waals surface area contributed by atoms with Crippen molar-refractivity contribution in [1.82, 2.24) is 0 Å². The van der Waals surface area contributed by atoms with Gasteiger partial charge < -0.3 is 10.1 Å². The molecule has 0 spiro atoms. The summed E-state index contributed by atoms with van der Waals surface area (Å²) in [5.74, 6) is -0.444. The third kappa shape index (κ3) is 2.59. The predicted octanol–water partition coefficient (Wildman–Crippen LogP) is 2.75. The first-order chi connectivity index (χ1) is 8.67. The van der Waals surface area contributed by atoms with Gasteiger partial charge in [0.25, 0.3) is 0 Å². The summed E-state index contributed by atoms with van der Waals surface area (Å²) in [5.41, 5.74) is 1.61. The van der Waals surface area contributed by atoms with Gasteiger partial charge in [-0.2, -0.15) is 0 Å². The molecule has 0 aliphatic heterocycles. The van der Waals surface area contributed by atoms with E-state index in [1.807, 2.05) is 0 Å². The van der Waals surface area contributed by atoms with Crippen LogP contribution in [-0.2, 0) is 22.4 Å². The van der Waals surface area contributed by atoms with Gasteiger partial charge in [0.15, 0.2) is 0 Å². The van der Waals surface area contributed by atoms with Crippen molar-refractivity contribution in [2.24, 2.45) is 0 Å². The number of alkyl halides is 1. The van der Waals surface area contributed by atoms with Crippen molar-refractivity contribution in [2.75, 3.05) is 17.8 Å². The number of carbonyl (C=O) groups excluding carboxylic acids is 2. The summed E-state index contributed by atoms with van der Waals surface area (Å²) in [6, 6.07) is 0.